The van der Waals surface area contributed by atoms with Crippen LogP contribution in [0.3, 0.4) is 0 Å². The zero-order valence-corrected chi connectivity index (χ0v) is 23.8. The van der Waals surface area contributed by atoms with E-state index in [0.29, 0.717) is 50.3 Å². The first-order valence-corrected chi connectivity index (χ1v) is 14.2. The first kappa shape index (κ1) is 27.8. The van der Waals surface area contributed by atoms with E-state index in [1.807, 2.05) is 34.9 Å². The Morgan fingerprint density at radius 3 is 2.43 bits per heavy atom. The highest BCUT2D eigenvalue weighted by Gasteiger charge is 2.35. The maximum atomic E-state index is 13.2. The van der Waals surface area contributed by atoms with Gasteiger partial charge in [-0.05, 0) is 42.8 Å². The zero-order valence-electron chi connectivity index (χ0n) is 23.1. The molecular formula is C33H30ClN3O5. The van der Waals surface area contributed by atoms with Crippen LogP contribution in [-0.4, -0.2) is 58.3 Å². The van der Waals surface area contributed by atoms with Gasteiger partial charge in [0.15, 0.2) is 11.5 Å². The largest absolute Gasteiger partial charge is 0.504 e. The van der Waals surface area contributed by atoms with Gasteiger partial charge in [-0.25, -0.2) is 0 Å². The summed E-state index contributed by atoms with van der Waals surface area (Å²) in [4.78, 5) is 28.4. The van der Waals surface area contributed by atoms with Crippen LogP contribution in [0.4, 0.5) is 0 Å². The van der Waals surface area contributed by atoms with Gasteiger partial charge in [0.05, 0.1) is 35.4 Å². The molecule has 6 rings (SSSR count). The second-order valence-electron chi connectivity index (χ2n) is 10.5. The smallest absolute Gasteiger partial charge is 0.259 e. The number of hydrogen-bond donors (Lipinski definition) is 3. The Labute approximate surface area is 247 Å². The quantitative estimate of drug-likeness (QED) is 0.146. The number of aromatic hydroxyl groups is 1. The van der Waals surface area contributed by atoms with E-state index < -0.39 is 11.8 Å². The number of halogens is 1. The molecule has 0 radical (unpaired) electrons. The highest BCUT2D eigenvalue weighted by molar-refractivity contribution is 6.36. The summed E-state index contributed by atoms with van der Waals surface area (Å²) in [7, 11) is 2.06. The third kappa shape index (κ3) is 4.98. The summed E-state index contributed by atoms with van der Waals surface area (Å²) in [5.41, 5.74) is 4.14. The van der Waals surface area contributed by atoms with Gasteiger partial charge in [-0.1, -0.05) is 60.1 Å². The van der Waals surface area contributed by atoms with Crippen LogP contribution in [0.15, 0.2) is 72.8 Å². The summed E-state index contributed by atoms with van der Waals surface area (Å²) in [6.07, 6.45) is 0.747. The van der Waals surface area contributed by atoms with Crippen molar-refractivity contribution in [1.29, 1.82) is 0 Å². The highest BCUT2D eigenvalue weighted by atomic mass is 35.5. The van der Waals surface area contributed by atoms with Crippen molar-refractivity contribution in [3.05, 3.63) is 94.5 Å². The van der Waals surface area contributed by atoms with Gasteiger partial charge < -0.3 is 24.4 Å². The standard InChI is InChI=1S/C33H30ClN3O5/c1-36(19-20-8-3-2-4-9-20)12-7-15-42-28-18-25-23(17-27(28)39)29-26(37(25)13-14-38)16-22(21-10-5-6-11-24(21)34)30-31(29)33(41)35-32(30)40/h2-6,8-11,16-18,38-39H,7,12-15,19H2,1H3,(H,35,40,41). The third-order valence-corrected chi connectivity index (χ3v) is 7.97. The summed E-state index contributed by atoms with van der Waals surface area (Å²) in [5, 5.41) is 24.9. The third-order valence-electron chi connectivity index (χ3n) is 7.64. The number of aromatic nitrogens is 1. The van der Waals surface area contributed by atoms with Gasteiger partial charge in [0.1, 0.15) is 0 Å². The van der Waals surface area contributed by atoms with Gasteiger partial charge in [-0.3, -0.25) is 14.9 Å². The first-order valence-electron chi connectivity index (χ1n) is 13.8. The molecule has 0 spiro atoms. The number of amides is 2. The van der Waals surface area contributed by atoms with Crippen molar-refractivity contribution >= 4 is 45.2 Å². The SMILES string of the molecule is CN(CCCOc1cc2c(cc1O)c1c3c(c(-c4ccccc4Cl)cc1n2CCO)C(=O)NC3=O)Cc1ccccc1. The Morgan fingerprint density at radius 2 is 1.67 bits per heavy atom. The van der Waals surface area contributed by atoms with Crippen LogP contribution in [0.5, 0.6) is 11.5 Å². The summed E-state index contributed by atoms with van der Waals surface area (Å²) < 4.78 is 7.89. The number of carbonyl (C=O) groups excluding carboxylic acids is 2. The number of phenolic OH excluding ortho intramolecular Hbond substituents is 1. The van der Waals surface area contributed by atoms with Gasteiger partial charge in [-0.2, -0.15) is 0 Å². The van der Waals surface area contributed by atoms with Gasteiger partial charge in [-0.15, -0.1) is 0 Å². The topological polar surface area (TPSA) is 104 Å². The molecule has 1 aliphatic rings. The molecule has 5 aromatic rings. The molecule has 214 valence electrons. The monoisotopic (exact) mass is 583 g/mol. The van der Waals surface area contributed by atoms with Crippen molar-refractivity contribution in [3.8, 4) is 22.6 Å². The molecule has 0 fully saturated rings. The minimum atomic E-state index is -0.517. The van der Waals surface area contributed by atoms with Gasteiger partial charge in [0, 0.05) is 47.1 Å². The van der Waals surface area contributed by atoms with Crippen molar-refractivity contribution < 1.29 is 24.5 Å². The molecule has 8 nitrogen and oxygen atoms in total. The fourth-order valence-electron chi connectivity index (χ4n) is 5.80. The summed E-state index contributed by atoms with van der Waals surface area (Å²) in [6.45, 7) is 2.10. The van der Waals surface area contributed by atoms with Crippen LogP contribution in [-0.2, 0) is 13.1 Å². The molecule has 0 saturated heterocycles. The minimum Gasteiger partial charge on any atom is -0.504 e. The Morgan fingerprint density at radius 1 is 0.929 bits per heavy atom. The molecule has 0 unspecified atom stereocenters. The molecule has 1 aromatic heterocycles. The Bertz CT molecular complexity index is 1830. The summed E-state index contributed by atoms with van der Waals surface area (Å²) in [5.74, 6) is -0.789. The molecule has 42 heavy (non-hydrogen) atoms. The van der Waals surface area contributed by atoms with Crippen molar-refractivity contribution in [2.75, 3.05) is 26.8 Å². The molecule has 0 saturated carbocycles. The fraction of sp³-hybridized carbons (Fsp3) is 0.212. The van der Waals surface area contributed by atoms with Crippen molar-refractivity contribution in [1.82, 2.24) is 14.8 Å². The maximum Gasteiger partial charge on any atom is 0.259 e. The number of aliphatic hydroxyl groups is 1. The molecular weight excluding hydrogens is 554 g/mol. The molecule has 1 aliphatic heterocycles. The van der Waals surface area contributed by atoms with Crippen LogP contribution in [0, 0.1) is 0 Å². The van der Waals surface area contributed by atoms with E-state index in [0.717, 1.165) is 19.5 Å². The van der Waals surface area contributed by atoms with Gasteiger partial charge in [0.2, 0.25) is 0 Å². The van der Waals surface area contributed by atoms with E-state index in [-0.39, 0.29) is 30.0 Å². The maximum absolute atomic E-state index is 13.2. The van der Waals surface area contributed by atoms with E-state index in [1.165, 1.54) is 5.56 Å². The van der Waals surface area contributed by atoms with Crippen molar-refractivity contribution in [2.45, 2.75) is 19.5 Å². The minimum absolute atomic E-state index is 0.0724. The molecule has 0 aliphatic carbocycles. The molecule has 2 heterocycles. The van der Waals surface area contributed by atoms with E-state index in [1.54, 1.807) is 30.3 Å². The normalized spacial score (nSPS) is 12.9. The number of nitrogens with one attached hydrogen (secondary N) is 1. The number of aliphatic hydroxyl groups excluding tert-OH is 1. The molecule has 0 atom stereocenters. The molecule has 0 bridgehead atoms. The number of nitrogens with zero attached hydrogens (tertiary/aromatic N) is 2. The van der Waals surface area contributed by atoms with E-state index in [9.17, 15) is 19.8 Å². The molecule has 9 heteroatoms. The number of benzene rings is 4. The fourth-order valence-corrected chi connectivity index (χ4v) is 6.03. The predicted octanol–water partition coefficient (Wildman–Crippen LogP) is 5.60. The lowest BCUT2D eigenvalue weighted by atomic mass is 9.93. The zero-order chi connectivity index (χ0) is 29.4. The molecule has 4 aromatic carbocycles. The van der Waals surface area contributed by atoms with E-state index in [4.69, 9.17) is 16.3 Å². The second kappa shape index (κ2) is 11.5. The lowest BCUT2D eigenvalue weighted by Gasteiger charge is -2.17. The number of rotatable bonds is 10. The van der Waals surface area contributed by atoms with Crippen LogP contribution in [0.1, 0.15) is 32.7 Å². The Hall–Kier alpha value is -4.37. The highest BCUT2D eigenvalue weighted by Crippen LogP contribution is 2.44. The lowest BCUT2D eigenvalue weighted by molar-refractivity contribution is 0.0880. The number of imide groups is 1. The van der Waals surface area contributed by atoms with Crippen LogP contribution in [0.25, 0.3) is 32.9 Å². The van der Waals surface area contributed by atoms with Crippen LogP contribution >= 0.6 is 11.6 Å². The van der Waals surface area contributed by atoms with Crippen LogP contribution in [0.2, 0.25) is 5.02 Å². The average molecular weight is 584 g/mol. The number of hydrogen-bond acceptors (Lipinski definition) is 6. The number of phenols is 1. The van der Waals surface area contributed by atoms with E-state index >= 15 is 0 Å². The Balaban J connectivity index is 1.38. The lowest BCUT2D eigenvalue weighted by Crippen LogP contribution is -2.20. The molecule has 2 amide bonds. The van der Waals surface area contributed by atoms with Crippen molar-refractivity contribution in [3.63, 3.8) is 0 Å². The number of carbonyl (C=O) groups is 2. The van der Waals surface area contributed by atoms with Gasteiger partial charge in [0.25, 0.3) is 11.8 Å². The summed E-state index contributed by atoms with van der Waals surface area (Å²) in [6, 6.07) is 22.5. The predicted molar refractivity (Wildman–Crippen MR) is 163 cm³/mol. The average Bonchev–Trinajstić information content (AvgIpc) is 3.44. The Kier molecular flexibility index (Phi) is 7.60. The van der Waals surface area contributed by atoms with E-state index in [2.05, 4.69) is 29.4 Å². The number of fused-ring (bicyclic) bond motifs is 5. The van der Waals surface area contributed by atoms with Gasteiger partial charge >= 0.3 is 0 Å². The summed E-state index contributed by atoms with van der Waals surface area (Å²) >= 11 is 6.52. The molecule has 3 N–H and O–H groups in total. The van der Waals surface area contributed by atoms with Crippen molar-refractivity contribution in [2.24, 2.45) is 0 Å². The first-order chi connectivity index (χ1) is 20.4. The second-order valence-corrected chi connectivity index (χ2v) is 10.9. The van der Waals surface area contributed by atoms with Crippen LogP contribution < -0.4 is 10.1 Å². The number of ether oxygens (including phenoxy) is 1.